The van der Waals surface area contributed by atoms with E-state index in [0.717, 1.165) is 0 Å². The highest BCUT2D eigenvalue weighted by Crippen LogP contribution is 2.34. The number of benzene rings is 2. The number of nitrogens with one attached hydrogen (secondary N) is 2. The van der Waals surface area contributed by atoms with Crippen LogP contribution in [0, 0.1) is 17.9 Å². The number of para-hydroxylation sites is 1. The first kappa shape index (κ1) is 20.4. The van der Waals surface area contributed by atoms with Gasteiger partial charge < -0.3 is 15.1 Å². The first-order chi connectivity index (χ1) is 14.9. The maximum absolute atomic E-state index is 12.9. The van der Waals surface area contributed by atoms with Gasteiger partial charge in [-0.1, -0.05) is 29.8 Å². The van der Waals surface area contributed by atoms with Crippen LogP contribution in [-0.4, -0.2) is 28.4 Å². The van der Waals surface area contributed by atoms with Crippen LogP contribution in [-0.2, 0) is 11.2 Å². The van der Waals surface area contributed by atoms with Gasteiger partial charge in [0.25, 0.3) is 5.91 Å². The number of carbonyl (C=O) groups excluding carboxylic acids is 2. The van der Waals surface area contributed by atoms with Gasteiger partial charge in [-0.15, -0.1) is 0 Å². The molecule has 2 aromatic carbocycles. The predicted molar refractivity (Wildman–Crippen MR) is 112 cm³/mol. The largest absolute Gasteiger partial charge is 0.452 e. The number of hydrogen-bond acceptors (Lipinski definition) is 5. The van der Waals surface area contributed by atoms with Crippen LogP contribution in [0.15, 0.2) is 46.9 Å². The average molecular weight is 434 g/mol. The minimum absolute atomic E-state index is 0.0498. The quantitative estimate of drug-likeness (QED) is 0.577. The van der Waals surface area contributed by atoms with Crippen molar-refractivity contribution in [1.82, 2.24) is 15.6 Å². The summed E-state index contributed by atoms with van der Waals surface area (Å²) in [6.07, 6.45) is 1.06. The monoisotopic (exact) mass is 433 g/mol. The third-order valence-corrected chi connectivity index (χ3v) is 5.21. The molecular formula is C22H16ClN5O3. The Morgan fingerprint density at radius 3 is 2.77 bits per heavy atom. The summed E-state index contributed by atoms with van der Waals surface area (Å²) in [7, 11) is 0. The Morgan fingerprint density at radius 2 is 2.10 bits per heavy atom. The van der Waals surface area contributed by atoms with Crippen LogP contribution in [0.3, 0.4) is 0 Å². The smallest absolute Gasteiger partial charge is 0.251 e. The minimum atomic E-state index is -1.04. The topological polar surface area (TPSA) is 112 Å². The molecule has 0 aliphatic heterocycles. The molecule has 1 aliphatic rings. The van der Waals surface area contributed by atoms with Gasteiger partial charge in [0.05, 0.1) is 24.6 Å². The van der Waals surface area contributed by atoms with Crippen molar-refractivity contribution in [2.45, 2.75) is 30.8 Å². The molecule has 0 unspecified atom stereocenters. The summed E-state index contributed by atoms with van der Waals surface area (Å²) in [4.78, 5) is 33.4. The van der Waals surface area contributed by atoms with Crippen LogP contribution in [0.1, 0.15) is 29.1 Å². The minimum Gasteiger partial charge on any atom is -0.452 e. The fraction of sp³-hybridized carbons (Fsp3) is 0.227. The van der Waals surface area contributed by atoms with Gasteiger partial charge in [0.1, 0.15) is 11.6 Å². The molecule has 9 heteroatoms. The number of fused-ring (bicyclic) bond motifs is 1. The Hall–Kier alpha value is -3.88. The number of amides is 2. The van der Waals surface area contributed by atoms with Crippen LogP contribution < -0.4 is 10.6 Å². The number of rotatable bonds is 6. The van der Waals surface area contributed by atoms with E-state index >= 15 is 0 Å². The molecule has 31 heavy (non-hydrogen) atoms. The lowest BCUT2D eigenvalue weighted by Gasteiger charge is -2.19. The third kappa shape index (κ3) is 4.35. The second-order valence-corrected chi connectivity index (χ2v) is 7.70. The number of aromatic nitrogens is 1. The molecule has 1 aromatic heterocycles. The van der Waals surface area contributed by atoms with Crippen LogP contribution in [0.5, 0.6) is 0 Å². The second-order valence-electron chi connectivity index (χ2n) is 7.27. The second kappa shape index (κ2) is 8.10. The number of nitrogens with zero attached hydrogens (tertiary/aromatic N) is 3. The van der Waals surface area contributed by atoms with Crippen LogP contribution >= 0.6 is 11.6 Å². The molecule has 3 aromatic rings. The molecule has 154 valence electrons. The zero-order chi connectivity index (χ0) is 22.0. The molecule has 0 bridgehead atoms. The normalized spacial score (nSPS) is 14.8. The van der Waals surface area contributed by atoms with Crippen LogP contribution in [0.4, 0.5) is 5.69 Å². The lowest BCUT2D eigenvalue weighted by molar-refractivity contribution is -0.123. The molecule has 4 rings (SSSR count). The Balaban J connectivity index is 1.60. The standard InChI is InChI=1S/C22H16ClN5O3/c1-25-15-6-3-7-16-19(15)31-18(26-16)11-17(21(30)28-22(12-24)8-9-22)27-20(29)13-4-2-5-14(23)10-13/h2-7,10,17H,8-9,11H2,(H,27,29)(H,28,30)/t17-/m0/s1. The molecule has 1 aliphatic carbocycles. The summed E-state index contributed by atoms with van der Waals surface area (Å²) in [5.41, 5.74) is 0.513. The fourth-order valence-corrected chi connectivity index (χ4v) is 3.31. The summed E-state index contributed by atoms with van der Waals surface area (Å²) in [6, 6.07) is 12.4. The SMILES string of the molecule is [C-]#[N+]c1cccc2nc(C[C@H](NC(=O)c3cccc(Cl)c3)C(=O)NC3(C#N)CC3)oc12. The highest BCUT2D eigenvalue weighted by Gasteiger charge is 2.45. The third-order valence-electron chi connectivity index (χ3n) is 4.97. The Morgan fingerprint density at radius 1 is 1.32 bits per heavy atom. The molecule has 8 nitrogen and oxygen atoms in total. The van der Waals surface area contributed by atoms with Crippen molar-refractivity contribution in [2.75, 3.05) is 0 Å². The summed E-state index contributed by atoms with van der Waals surface area (Å²) >= 11 is 5.96. The number of oxazole rings is 1. The van der Waals surface area contributed by atoms with Gasteiger partial charge in [0.2, 0.25) is 11.6 Å². The molecule has 0 radical (unpaired) electrons. The van der Waals surface area contributed by atoms with E-state index in [2.05, 4.69) is 26.5 Å². The van der Waals surface area contributed by atoms with E-state index in [4.69, 9.17) is 22.6 Å². The number of carbonyl (C=O) groups is 2. The van der Waals surface area contributed by atoms with E-state index in [1.54, 1.807) is 36.4 Å². The maximum atomic E-state index is 12.9. The number of hydrogen-bond donors (Lipinski definition) is 2. The van der Waals surface area contributed by atoms with E-state index in [1.165, 1.54) is 6.07 Å². The van der Waals surface area contributed by atoms with Crippen LogP contribution in [0.25, 0.3) is 15.9 Å². The van der Waals surface area contributed by atoms with E-state index in [-0.39, 0.29) is 12.3 Å². The highest BCUT2D eigenvalue weighted by molar-refractivity contribution is 6.31. The number of halogens is 1. The van der Waals surface area contributed by atoms with Crippen molar-refractivity contribution in [3.05, 3.63) is 70.4 Å². The summed E-state index contributed by atoms with van der Waals surface area (Å²) in [5, 5.41) is 15.1. The maximum Gasteiger partial charge on any atom is 0.251 e. The predicted octanol–water partition coefficient (Wildman–Crippen LogP) is 3.55. The van der Waals surface area contributed by atoms with E-state index in [9.17, 15) is 14.9 Å². The molecule has 2 amide bonds. The van der Waals surface area contributed by atoms with Crippen molar-refractivity contribution in [3.8, 4) is 6.07 Å². The highest BCUT2D eigenvalue weighted by atomic mass is 35.5. The molecular weight excluding hydrogens is 418 g/mol. The molecule has 1 atom stereocenters. The molecule has 1 saturated carbocycles. The summed E-state index contributed by atoms with van der Waals surface area (Å²) in [5.74, 6) is -0.816. The van der Waals surface area contributed by atoms with Gasteiger partial charge in [-0.2, -0.15) is 5.26 Å². The van der Waals surface area contributed by atoms with Gasteiger partial charge in [0, 0.05) is 10.6 Å². The van der Waals surface area contributed by atoms with E-state index in [1.807, 2.05) is 0 Å². The number of nitriles is 1. The lowest BCUT2D eigenvalue weighted by Crippen LogP contribution is -2.51. The van der Waals surface area contributed by atoms with Gasteiger partial charge in [-0.05, 0) is 37.1 Å². The first-order valence-electron chi connectivity index (χ1n) is 9.49. The van der Waals surface area contributed by atoms with Gasteiger partial charge in [-0.3, -0.25) is 9.59 Å². The van der Waals surface area contributed by atoms with Gasteiger partial charge in [0.15, 0.2) is 11.5 Å². The molecule has 2 N–H and O–H groups in total. The van der Waals surface area contributed by atoms with E-state index < -0.39 is 23.4 Å². The Bertz CT molecular complexity index is 1270. The van der Waals surface area contributed by atoms with Crippen molar-refractivity contribution in [2.24, 2.45) is 0 Å². The van der Waals surface area contributed by atoms with Crippen molar-refractivity contribution < 1.29 is 14.0 Å². The Labute approximate surface area is 182 Å². The fourth-order valence-electron chi connectivity index (χ4n) is 3.12. The summed E-state index contributed by atoms with van der Waals surface area (Å²) in [6.45, 7) is 7.25. The lowest BCUT2D eigenvalue weighted by atomic mass is 10.1. The molecule has 0 spiro atoms. The zero-order valence-electron chi connectivity index (χ0n) is 16.2. The van der Waals surface area contributed by atoms with E-state index in [0.29, 0.717) is 40.2 Å². The Kier molecular flexibility index (Phi) is 5.33. The van der Waals surface area contributed by atoms with Crippen molar-refractivity contribution in [1.29, 1.82) is 5.26 Å². The zero-order valence-corrected chi connectivity index (χ0v) is 16.9. The first-order valence-corrected chi connectivity index (χ1v) is 9.86. The van der Waals surface area contributed by atoms with Crippen molar-refractivity contribution >= 4 is 40.2 Å². The van der Waals surface area contributed by atoms with Crippen molar-refractivity contribution in [3.63, 3.8) is 0 Å². The van der Waals surface area contributed by atoms with Gasteiger partial charge in [-0.25, -0.2) is 9.83 Å². The average Bonchev–Trinajstić information content (AvgIpc) is 3.41. The van der Waals surface area contributed by atoms with Crippen LogP contribution in [0.2, 0.25) is 5.02 Å². The molecule has 0 saturated heterocycles. The van der Waals surface area contributed by atoms with Gasteiger partial charge >= 0.3 is 0 Å². The molecule has 1 heterocycles. The molecule has 1 fully saturated rings. The summed E-state index contributed by atoms with van der Waals surface area (Å²) < 4.78 is 5.71.